The highest BCUT2D eigenvalue weighted by Crippen LogP contribution is 2.10. The van der Waals surface area contributed by atoms with Crippen LogP contribution in [0.25, 0.3) is 0 Å². The largest absolute Gasteiger partial charge is 0.480 e. The number of carboxylic acids is 2. The molecule has 5 N–H and O–H groups in total. The van der Waals surface area contributed by atoms with E-state index in [1.54, 1.807) is 0 Å². The molecule has 1 aromatic heterocycles. The van der Waals surface area contributed by atoms with Gasteiger partial charge in [0.15, 0.2) is 0 Å². The lowest BCUT2D eigenvalue weighted by atomic mass is 10.2. The van der Waals surface area contributed by atoms with Crippen molar-refractivity contribution in [3.05, 3.63) is 22.4 Å². The summed E-state index contributed by atoms with van der Waals surface area (Å²) in [6.07, 6.45) is 0.424. The number of rotatable bonds is 6. The molecule has 0 saturated heterocycles. The summed E-state index contributed by atoms with van der Waals surface area (Å²) in [6.45, 7) is 2.64. The maximum Gasteiger partial charge on any atom is 0.320 e. The molecule has 0 bridgehead atoms. The van der Waals surface area contributed by atoms with Gasteiger partial charge in [0.2, 0.25) is 0 Å². The quantitative estimate of drug-likeness (QED) is 0.596. The molecule has 7 heteroatoms. The van der Waals surface area contributed by atoms with Crippen molar-refractivity contribution in [1.82, 2.24) is 5.32 Å². The maximum atomic E-state index is 10.3. The predicted molar refractivity (Wildman–Crippen MR) is 69.8 cm³/mol. The molecule has 0 aromatic carbocycles. The Labute approximate surface area is 109 Å². The minimum Gasteiger partial charge on any atom is -0.480 e. The first-order valence-electron chi connectivity index (χ1n) is 5.40. The highest BCUT2D eigenvalue weighted by atomic mass is 32.1. The van der Waals surface area contributed by atoms with Gasteiger partial charge in [-0.3, -0.25) is 9.59 Å². The van der Waals surface area contributed by atoms with Crippen LogP contribution in [0.5, 0.6) is 0 Å². The van der Waals surface area contributed by atoms with E-state index in [-0.39, 0.29) is 6.54 Å². The standard InChI is InChI=1S/C7H9NO2S.C4H9NO2/c8-6(7(9)10)4-5-2-1-3-11-5;1-2-5-3-4(6)7/h1-3,6H,4,8H2,(H,9,10);5H,2-3H2,1H3,(H,6,7)/t6-;/m0./s1. The van der Waals surface area contributed by atoms with Crippen molar-refractivity contribution in [1.29, 1.82) is 0 Å². The molecule has 6 nitrogen and oxygen atoms in total. The van der Waals surface area contributed by atoms with Crippen LogP contribution < -0.4 is 11.1 Å². The monoisotopic (exact) mass is 274 g/mol. The van der Waals surface area contributed by atoms with E-state index in [0.717, 1.165) is 4.88 Å². The highest BCUT2D eigenvalue weighted by molar-refractivity contribution is 7.09. The van der Waals surface area contributed by atoms with Crippen LogP contribution in [0.4, 0.5) is 0 Å². The van der Waals surface area contributed by atoms with Crippen LogP contribution in [0.15, 0.2) is 17.5 Å². The summed E-state index contributed by atoms with van der Waals surface area (Å²) in [7, 11) is 0. The molecular weight excluding hydrogens is 256 g/mol. The molecule has 0 saturated carbocycles. The van der Waals surface area contributed by atoms with Gasteiger partial charge in [-0.2, -0.15) is 0 Å². The third-order valence-corrected chi connectivity index (χ3v) is 2.74. The molecule has 18 heavy (non-hydrogen) atoms. The third kappa shape index (κ3) is 8.68. The molecular formula is C11H18N2O4S. The third-order valence-electron chi connectivity index (χ3n) is 1.84. The van der Waals surface area contributed by atoms with E-state index in [1.165, 1.54) is 11.3 Å². The molecule has 0 unspecified atom stereocenters. The minimum atomic E-state index is -0.946. The van der Waals surface area contributed by atoms with Crippen LogP contribution in [0.1, 0.15) is 11.8 Å². The summed E-state index contributed by atoms with van der Waals surface area (Å²) in [6, 6.07) is 3.00. The number of aliphatic carboxylic acids is 2. The van der Waals surface area contributed by atoms with E-state index in [9.17, 15) is 9.59 Å². The average Bonchev–Trinajstić information content (AvgIpc) is 2.79. The molecule has 1 rings (SSSR count). The fourth-order valence-corrected chi connectivity index (χ4v) is 1.73. The van der Waals surface area contributed by atoms with E-state index in [1.807, 2.05) is 24.4 Å². The van der Waals surface area contributed by atoms with Crippen LogP contribution in [-0.2, 0) is 16.0 Å². The Morgan fingerprint density at radius 2 is 2.17 bits per heavy atom. The molecule has 1 aromatic rings. The zero-order valence-corrected chi connectivity index (χ0v) is 10.9. The van der Waals surface area contributed by atoms with Gasteiger partial charge in [-0.1, -0.05) is 13.0 Å². The highest BCUT2D eigenvalue weighted by Gasteiger charge is 2.11. The van der Waals surface area contributed by atoms with Gasteiger partial charge >= 0.3 is 11.9 Å². The Hall–Kier alpha value is -1.44. The van der Waals surface area contributed by atoms with Gasteiger partial charge in [0.05, 0.1) is 6.54 Å². The molecule has 0 aliphatic heterocycles. The minimum absolute atomic E-state index is 0.0660. The van der Waals surface area contributed by atoms with Crippen molar-refractivity contribution < 1.29 is 19.8 Å². The summed E-state index contributed by atoms with van der Waals surface area (Å²) in [4.78, 5) is 21.0. The first-order chi connectivity index (χ1) is 8.47. The van der Waals surface area contributed by atoms with E-state index in [2.05, 4.69) is 5.32 Å². The summed E-state index contributed by atoms with van der Waals surface area (Å²) >= 11 is 1.53. The van der Waals surface area contributed by atoms with E-state index < -0.39 is 18.0 Å². The Bertz CT molecular complexity index is 354. The fourth-order valence-electron chi connectivity index (χ4n) is 0.965. The zero-order valence-electron chi connectivity index (χ0n) is 10.1. The number of hydrogen-bond donors (Lipinski definition) is 4. The van der Waals surface area contributed by atoms with Crippen LogP contribution in [0, 0.1) is 0 Å². The number of hydrogen-bond acceptors (Lipinski definition) is 5. The van der Waals surface area contributed by atoms with Crippen molar-refractivity contribution in [3.8, 4) is 0 Å². The molecule has 1 heterocycles. The number of thiophene rings is 1. The molecule has 0 radical (unpaired) electrons. The number of nitrogens with one attached hydrogen (secondary N) is 1. The lowest BCUT2D eigenvalue weighted by Gasteiger charge is -2.02. The summed E-state index contributed by atoms with van der Waals surface area (Å²) in [5, 5.41) is 21.0. The lowest BCUT2D eigenvalue weighted by molar-refractivity contribution is -0.138. The predicted octanol–water partition coefficient (Wildman–Crippen LogP) is 0.383. The molecule has 1 atom stereocenters. The number of carbonyl (C=O) groups is 2. The van der Waals surface area contributed by atoms with Gasteiger partial charge in [0.25, 0.3) is 0 Å². The van der Waals surface area contributed by atoms with Gasteiger partial charge in [-0.05, 0) is 18.0 Å². The van der Waals surface area contributed by atoms with E-state index >= 15 is 0 Å². The van der Waals surface area contributed by atoms with Crippen LogP contribution >= 0.6 is 11.3 Å². The normalized spacial score (nSPS) is 11.2. The van der Waals surface area contributed by atoms with Crippen molar-refractivity contribution in [2.75, 3.05) is 13.1 Å². The Morgan fingerprint density at radius 1 is 1.50 bits per heavy atom. The van der Waals surface area contributed by atoms with E-state index in [4.69, 9.17) is 15.9 Å². The van der Waals surface area contributed by atoms with Gasteiger partial charge in [-0.25, -0.2) is 0 Å². The summed E-state index contributed by atoms with van der Waals surface area (Å²) in [5.41, 5.74) is 5.31. The van der Waals surface area contributed by atoms with Crippen molar-refractivity contribution in [2.24, 2.45) is 5.73 Å². The number of carboxylic acid groups (broad SMARTS) is 2. The van der Waals surface area contributed by atoms with Crippen molar-refractivity contribution >= 4 is 23.3 Å². The lowest BCUT2D eigenvalue weighted by Crippen LogP contribution is -2.31. The average molecular weight is 274 g/mol. The molecule has 0 fully saturated rings. The smallest absolute Gasteiger partial charge is 0.320 e. The second kappa shape index (κ2) is 9.58. The van der Waals surface area contributed by atoms with Crippen molar-refractivity contribution in [3.63, 3.8) is 0 Å². The number of likely N-dealkylation sites (N-methyl/N-ethyl adjacent to an activating group) is 1. The second-order valence-corrected chi connectivity index (χ2v) is 4.43. The molecule has 102 valence electrons. The van der Waals surface area contributed by atoms with Crippen molar-refractivity contribution in [2.45, 2.75) is 19.4 Å². The molecule has 0 aliphatic rings. The zero-order chi connectivity index (χ0) is 14.0. The molecule has 0 aliphatic carbocycles. The summed E-state index contributed by atoms with van der Waals surface area (Å²) in [5.74, 6) is -1.75. The Balaban J connectivity index is 0.000000360. The Kier molecular flexibility index (Phi) is 8.81. The van der Waals surface area contributed by atoms with Gasteiger partial charge in [0, 0.05) is 11.3 Å². The SMILES string of the molecule is CCNCC(=O)O.N[C@@H](Cc1cccs1)C(=O)O. The molecule has 0 spiro atoms. The van der Waals surface area contributed by atoms with Crippen LogP contribution in [0.2, 0.25) is 0 Å². The first kappa shape index (κ1) is 16.6. The Morgan fingerprint density at radius 3 is 2.50 bits per heavy atom. The topological polar surface area (TPSA) is 113 Å². The van der Waals surface area contributed by atoms with Crippen LogP contribution in [0.3, 0.4) is 0 Å². The van der Waals surface area contributed by atoms with Gasteiger partial charge in [-0.15, -0.1) is 11.3 Å². The summed E-state index contributed by atoms with van der Waals surface area (Å²) < 4.78 is 0. The first-order valence-corrected chi connectivity index (χ1v) is 6.28. The van der Waals surface area contributed by atoms with Crippen LogP contribution in [-0.4, -0.2) is 41.3 Å². The van der Waals surface area contributed by atoms with E-state index in [0.29, 0.717) is 13.0 Å². The van der Waals surface area contributed by atoms with Gasteiger partial charge < -0.3 is 21.3 Å². The maximum absolute atomic E-state index is 10.3. The van der Waals surface area contributed by atoms with Gasteiger partial charge in [0.1, 0.15) is 6.04 Å². The fraction of sp³-hybridized carbons (Fsp3) is 0.455. The second-order valence-electron chi connectivity index (χ2n) is 3.40. The molecule has 0 amide bonds. The number of nitrogens with two attached hydrogens (primary N) is 1.